The second-order valence-electron chi connectivity index (χ2n) is 5.26. The van der Waals surface area contributed by atoms with Gasteiger partial charge in [-0.15, -0.1) is 0 Å². The fraction of sp³-hybridized carbons (Fsp3) is 0.375. The van der Waals surface area contributed by atoms with E-state index in [1.54, 1.807) is 12.4 Å². The summed E-state index contributed by atoms with van der Waals surface area (Å²) in [6.07, 6.45) is 7.23. The molecule has 0 amide bonds. The molecule has 2 atom stereocenters. The van der Waals surface area contributed by atoms with Crippen LogP contribution in [0.5, 0.6) is 0 Å². The van der Waals surface area contributed by atoms with Gasteiger partial charge in [0.05, 0.1) is 6.04 Å². The molecule has 3 heteroatoms. The largest absolute Gasteiger partial charge is 0.347 e. The van der Waals surface area contributed by atoms with E-state index in [1.807, 2.05) is 6.07 Å². The molecule has 3 nitrogen and oxygen atoms in total. The van der Waals surface area contributed by atoms with Crippen LogP contribution in [0.2, 0.25) is 0 Å². The molecular formula is C16H19N3. The van der Waals surface area contributed by atoms with Crippen LogP contribution in [0.15, 0.2) is 42.7 Å². The van der Waals surface area contributed by atoms with Gasteiger partial charge in [0.2, 0.25) is 5.95 Å². The molecule has 1 aromatic carbocycles. The summed E-state index contributed by atoms with van der Waals surface area (Å²) >= 11 is 0. The van der Waals surface area contributed by atoms with E-state index in [-0.39, 0.29) is 0 Å². The Hall–Kier alpha value is -1.90. The zero-order valence-corrected chi connectivity index (χ0v) is 11.2. The lowest BCUT2D eigenvalue weighted by atomic mass is 9.92. The van der Waals surface area contributed by atoms with Gasteiger partial charge in [-0.1, -0.05) is 31.2 Å². The van der Waals surface area contributed by atoms with E-state index < -0.39 is 0 Å². The molecule has 3 rings (SSSR count). The van der Waals surface area contributed by atoms with Crippen LogP contribution < -0.4 is 5.32 Å². The Morgan fingerprint density at radius 1 is 1.11 bits per heavy atom. The summed E-state index contributed by atoms with van der Waals surface area (Å²) in [6, 6.07) is 10.9. The summed E-state index contributed by atoms with van der Waals surface area (Å²) in [5, 5.41) is 3.50. The Morgan fingerprint density at radius 2 is 1.89 bits per heavy atom. The minimum atomic E-state index is 0.307. The third-order valence-electron chi connectivity index (χ3n) is 3.92. The zero-order valence-electron chi connectivity index (χ0n) is 11.2. The van der Waals surface area contributed by atoms with E-state index in [9.17, 15) is 0 Å². The summed E-state index contributed by atoms with van der Waals surface area (Å²) in [5.41, 5.74) is 2.86. The fourth-order valence-corrected chi connectivity index (χ4v) is 2.89. The summed E-state index contributed by atoms with van der Waals surface area (Å²) in [6.45, 7) is 2.31. The van der Waals surface area contributed by atoms with Crippen molar-refractivity contribution in [1.29, 1.82) is 0 Å². The molecule has 1 aromatic heterocycles. The number of nitrogens with one attached hydrogen (secondary N) is 1. The lowest BCUT2D eigenvalue weighted by molar-refractivity contribution is 0.461. The SMILES string of the molecule is C[C@H]1CCCc2ccccc2[C@H]1Nc1ncccn1. The Labute approximate surface area is 114 Å². The molecular weight excluding hydrogens is 234 g/mol. The quantitative estimate of drug-likeness (QED) is 0.831. The van der Waals surface area contributed by atoms with E-state index in [0.717, 1.165) is 5.95 Å². The number of hydrogen-bond acceptors (Lipinski definition) is 3. The Kier molecular flexibility index (Phi) is 3.45. The standard InChI is InChI=1S/C16H19N3/c1-12-6-4-8-13-7-2-3-9-14(13)15(12)19-16-17-10-5-11-18-16/h2-3,5,7,9-12,15H,4,6,8H2,1H3,(H,17,18,19)/t12-,15-/m0/s1. The molecule has 1 N–H and O–H groups in total. The number of hydrogen-bond donors (Lipinski definition) is 1. The molecule has 1 aliphatic rings. The summed E-state index contributed by atoms with van der Waals surface area (Å²) in [4.78, 5) is 8.58. The fourth-order valence-electron chi connectivity index (χ4n) is 2.89. The summed E-state index contributed by atoms with van der Waals surface area (Å²) < 4.78 is 0. The maximum absolute atomic E-state index is 4.29. The summed E-state index contributed by atoms with van der Waals surface area (Å²) in [7, 11) is 0. The highest BCUT2D eigenvalue weighted by molar-refractivity contribution is 5.38. The number of fused-ring (bicyclic) bond motifs is 1. The smallest absolute Gasteiger partial charge is 0.223 e. The lowest BCUT2D eigenvalue weighted by Gasteiger charge is -2.24. The van der Waals surface area contributed by atoms with Crippen molar-refractivity contribution in [3.8, 4) is 0 Å². The Bertz CT molecular complexity index is 539. The van der Waals surface area contributed by atoms with E-state index >= 15 is 0 Å². The maximum atomic E-state index is 4.29. The van der Waals surface area contributed by atoms with Crippen molar-refractivity contribution in [2.24, 2.45) is 5.92 Å². The number of anilines is 1. The molecule has 0 saturated heterocycles. The van der Waals surface area contributed by atoms with Gasteiger partial charge in [0.25, 0.3) is 0 Å². The predicted molar refractivity (Wildman–Crippen MR) is 76.9 cm³/mol. The van der Waals surface area contributed by atoms with Crippen molar-refractivity contribution in [1.82, 2.24) is 9.97 Å². The van der Waals surface area contributed by atoms with Crippen LogP contribution in [0.1, 0.15) is 36.9 Å². The van der Waals surface area contributed by atoms with E-state index in [0.29, 0.717) is 12.0 Å². The monoisotopic (exact) mass is 253 g/mol. The molecule has 0 saturated carbocycles. The minimum Gasteiger partial charge on any atom is -0.347 e. The van der Waals surface area contributed by atoms with Crippen LogP contribution in [0.25, 0.3) is 0 Å². The first kappa shape index (κ1) is 12.2. The van der Waals surface area contributed by atoms with Crippen molar-refractivity contribution in [2.45, 2.75) is 32.2 Å². The van der Waals surface area contributed by atoms with Gasteiger partial charge in [0.1, 0.15) is 0 Å². The molecule has 19 heavy (non-hydrogen) atoms. The predicted octanol–water partition coefficient (Wildman–Crippen LogP) is 3.60. The average Bonchev–Trinajstić information content (AvgIpc) is 2.61. The van der Waals surface area contributed by atoms with Crippen LogP contribution in [0.4, 0.5) is 5.95 Å². The molecule has 0 bridgehead atoms. The van der Waals surface area contributed by atoms with Gasteiger partial charge < -0.3 is 5.32 Å². The zero-order chi connectivity index (χ0) is 13.1. The number of rotatable bonds is 2. The van der Waals surface area contributed by atoms with Crippen molar-refractivity contribution >= 4 is 5.95 Å². The molecule has 0 unspecified atom stereocenters. The molecule has 1 aliphatic carbocycles. The van der Waals surface area contributed by atoms with E-state index in [1.165, 1.54) is 30.4 Å². The van der Waals surface area contributed by atoms with Gasteiger partial charge in [0, 0.05) is 12.4 Å². The molecule has 0 fully saturated rings. The second-order valence-corrected chi connectivity index (χ2v) is 5.26. The molecule has 0 radical (unpaired) electrons. The second kappa shape index (κ2) is 5.39. The number of nitrogens with zero attached hydrogens (tertiary/aromatic N) is 2. The van der Waals surface area contributed by atoms with Crippen LogP contribution in [-0.4, -0.2) is 9.97 Å². The summed E-state index contributed by atoms with van der Waals surface area (Å²) in [5.74, 6) is 1.31. The average molecular weight is 253 g/mol. The third kappa shape index (κ3) is 2.60. The van der Waals surface area contributed by atoms with Crippen LogP contribution >= 0.6 is 0 Å². The Morgan fingerprint density at radius 3 is 2.74 bits per heavy atom. The first-order valence-electron chi connectivity index (χ1n) is 6.96. The van der Waals surface area contributed by atoms with Gasteiger partial charge in [0.15, 0.2) is 0 Å². The van der Waals surface area contributed by atoms with Crippen LogP contribution in [-0.2, 0) is 6.42 Å². The van der Waals surface area contributed by atoms with Crippen molar-refractivity contribution in [2.75, 3.05) is 5.32 Å². The van der Waals surface area contributed by atoms with Gasteiger partial charge in [-0.05, 0) is 42.4 Å². The van der Waals surface area contributed by atoms with Crippen molar-refractivity contribution in [3.63, 3.8) is 0 Å². The maximum Gasteiger partial charge on any atom is 0.223 e. The first-order chi connectivity index (χ1) is 9.34. The van der Waals surface area contributed by atoms with Gasteiger partial charge in [-0.25, -0.2) is 9.97 Å². The number of aromatic nitrogens is 2. The number of aryl methyl sites for hydroxylation is 1. The van der Waals surface area contributed by atoms with Gasteiger partial charge in [-0.3, -0.25) is 0 Å². The molecule has 1 heterocycles. The van der Waals surface area contributed by atoms with Crippen LogP contribution in [0.3, 0.4) is 0 Å². The number of benzene rings is 1. The van der Waals surface area contributed by atoms with Gasteiger partial charge in [-0.2, -0.15) is 0 Å². The first-order valence-corrected chi connectivity index (χ1v) is 6.96. The lowest BCUT2D eigenvalue weighted by Crippen LogP contribution is -2.19. The molecule has 2 aromatic rings. The normalized spacial score (nSPS) is 22.4. The molecule has 0 spiro atoms. The Balaban J connectivity index is 1.93. The topological polar surface area (TPSA) is 37.8 Å². The molecule has 98 valence electrons. The highest BCUT2D eigenvalue weighted by Gasteiger charge is 2.24. The van der Waals surface area contributed by atoms with Crippen molar-refractivity contribution in [3.05, 3.63) is 53.9 Å². The van der Waals surface area contributed by atoms with Crippen molar-refractivity contribution < 1.29 is 0 Å². The van der Waals surface area contributed by atoms with Gasteiger partial charge >= 0.3 is 0 Å². The highest BCUT2D eigenvalue weighted by atomic mass is 15.1. The van der Waals surface area contributed by atoms with E-state index in [4.69, 9.17) is 0 Å². The minimum absolute atomic E-state index is 0.307. The molecule has 0 aliphatic heterocycles. The third-order valence-corrected chi connectivity index (χ3v) is 3.92. The van der Waals surface area contributed by atoms with Crippen LogP contribution in [0, 0.1) is 5.92 Å². The highest BCUT2D eigenvalue weighted by Crippen LogP contribution is 2.34. The van der Waals surface area contributed by atoms with E-state index in [2.05, 4.69) is 46.5 Å².